The smallest absolute Gasteiger partial charge is 0.337 e. The summed E-state index contributed by atoms with van der Waals surface area (Å²) in [6, 6.07) is -0.0144. The molecule has 1 fully saturated rings. The number of alkyl halides is 3. The van der Waals surface area contributed by atoms with E-state index in [0.717, 1.165) is 0 Å². The molecule has 0 aromatic rings. The van der Waals surface area contributed by atoms with Gasteiger partial charge in [0.25, 0.3) is 0 Å². The fourth-order valence-corrected chi connectivity index (χ4v) is 1.60. The topological polar surface area (TPSA) is 32.3 Å². The Hall–Kier alpha value is -0.490. The summed E-state index contributed by atoms with van der Waals surface area (Å²) in [5.41, 5.74) is 0. The summed E-state index contributed by atoms with van der Waals surface area (Å²) < 4.78 is 35.7. The molecule has 1 N–H and O–H groups in total. The lowest BCUT2D eigenvalue weighted by Gasteiger charge is -2.34. The van der Waals surface area contributed by atoms with Crippen molar-refractivity contribution in [2.45, 2.75) is 32.0 Å². The predicted octanol–water partition coefficient (Wildman–Crippen LogP) is 1.57. The van der Waals surface area contributed by atoms with Crippen LogP contribution in [-0.2, 0) is 4.79 Å². The zero-order valence-corrected chi connectivity index (χ0v) is 9.83. The molecule has 0 radical (unpaired) electrons. The first-order chi connectivity index (χ1) is 6.90. The zero-order valence-electron chi connectivity index (χ0n) is 9.01. The molecular weight excluding hydrogens is 245 g/mol. The molecule has 0 aromatic carbocycles. The summed E-state index contributed by atoms with van der Waals surface area (Å²) in [7, 11) is 0. The van der Waals surface area contributed by atoms with Crippen LogP contribution in [-0.4, -0.2) is 42.7 Å². The molecule has 1 aliphatic rings. The summed E-state index contributed by atoms with van der Waals surface area (Å²) in [5, 5.41) is 3.08. The van der Waals surface area contributed by atoms with Crippen LogP contribution in [0.5, 0.6) is 0 Å². The second-order valence-corrected chi connectivity index (χ2v) is 3.76. The van der Waals surface area contributed by atoms with Gasteiger partial charge < -0.3 is 10.2 Å². The van der Waals surface area contributed by atoms with Crippen LogP contribution in [0.25, 0.3) is 0 Å². The summed E-state index contributed by atoms with van der Waals surface area (Å²) in [6.45, 7) is 3.63. The SMILES string of the molecule is C[C@@H]1CNCCN1C(=O)CCC(F)(F)F.Cl. The minimum atomic E-state index is -4.24. The highest BCUT2D eigenvalue weighted by molar-refractivity contribution is 5.85. The molecular formula is C9H16ClF3N2O. The minimum absolute atomic E-state index is 0. The highest BCUT2D eigenvalue weighted by Gasteiger charge is 2.30. The van der Waals surface area contributed by atoms with Gasteiger partial charge in [0, 0.05) is 32.1 Å². The third-order valence-electron chi connectivity index (χ3n) is 2.44. The van der Waals surface area contributed by atoms with Crippen LogP contribution in [0.1, 0.15) is 19.8 Å². The predicted molar refractivity (Wildman–Crippen MR) is 56.6 cm³/mol. The first-order valence-corrected chi connectivity index (χ1v) is 4.97. The van der Waals surface area contributed by atoms with Crippen molar-refractivity contribution in [3.63, 3.8) is 0 Å². The monoisotopic (exact) mass is 260 g/mol. The lowest BCUT2D eigenvalue weighted by molar-refractivity contribution is -0.150. The number of carbonyl (C=O) groups excluding carboxylic acids is 1. The van der Waals surface area contributed by atoms with Crippen molar-refractivity contribution in [2.75, 3.05) is 19.6 Å². The van der Waals surface area contributed by atoms with Crippen LogP contribution >= 0.6 is 12.4 Å². The first-order valence-electron chi connectivity index (χ1n) is 4.97. The third kappa shape index (κ3) is 5.03. The van der Waals surface area contributed by atoms with Gasteiger partial charge in [-0.1, -0.05) is 0 Å². The van der Waals surface area contributed by atoms with Crippen LogP contribution in [0.2, 0.25) is 0 Å². The van der Waals surface area contributed by atoms with Crippen LogP contribution in [0, 0.1) is 0 Å². The van der Waals surface area contributed by atoms with Crippen molar-refractivity contribution >= 4 is 18.3 Å². The first kappa shape index (κ1) is 15.5. The van der Waals surface area contributed by atoms with Crippen molar-refractivity contribution in [2.24, 2.45) is 0 Å². The minimum Gasteiger partial charge on any atom is -0.337 e. The number of hydrogen-bond acceptors (Lipinski definition) is 2. The van der Waals surface area contributed by atoms with Gasteiger partial charge in [0.15, 0.2) is 0 Å². The van der Waals surface area contributed by atoms with Gasteiger partial charge in [0.2, 0.25) is 5.91 Å². The fourth-order valence-electron chi connectivity index (χ4n) is 1.60. The molecule has 7 heteroatoms. The Labute approximate surface area is 98.8 Å². The Morgan fingerprint density at radius 3 is 2.62 bits per heavy atom. The lowest BCUT2D eigenvalue weighted by Crippen LogP contribution is -2.52. The Balaban J connectivity index is 0.00000225. The maximum absolute atomic E-state index is 11.9. The number of nitrogens with one attached hydrogen (secondary N) is 1. The van der Waals surface area contributed by atoms with Gasteiger partial charge in [-0.25, -0.2) is 0 Å². The molecule has 0 bridgehead atoms. The standard InChI is InChI=1S/C9H15F3N2O.ClH/c1-7-6-13-4-5-14(7)8(15)2-3-9(10,11)12;/h7,13H,2-6H2,1H3;1H/t7-;/m1./s1. The highest BCUT2D eigenvalue weighted by atomic mass is 35.5. The molecule has 16 heavy (non-hydrogen) atoms. The summed E-state index contributed by atoms with van der Waals surface area (Å²) >= 11 is 0. The third-order valence-corrected chi connectivity index (χ3v) is 2.44. The average Bonchev–Trinajstić information content (AvgIpc) is 2.14. The molecule has 0 aliphatic carbocycles. The summed E-state index contributed by atoms with van der Waals surface area (Å²) in [4.78, 5) is 13.0. The van der Waals surface area contributed by atoms with Gasteiger partial charge in [-0.3, -0.25) is 4.79 Å². The van der Waals surface area contributed by atoms with Crippen molar-refractivity contribution in [1.82, 2.24) is 10.2 Å². The van der Waals surface area contributed by atoms with Crippen LogP contribution in [0.15, 0.2) is 0 Å². The van der Waals surface area contributed by atoms with Gasteiger partial charge >= 0.3 is 6.18 Å². The van der Waals surface area contributed by atoms with E-state index in [-0.39, 0.29) is 18.4 Å². The maximum atomic E-state index is 11.9. The number of rotatable bonds is 2. The van der Waals surface area contributed by atoms with E-state index in [1.807, 2.05) is 6.92 Å². The Morgan fingerprint density at radius 2 is 2.12 bits per heavy atom. The highest BCUT2D eigenvalue weighted by Crippen LogP contribution is 2.22. The van der Waals surface area contributed by atoms with E-state index >= 15 is 0 Å². The van der Waals surface area contributed by atoms with Crippen LogP contribution in [0.3, 0.4) is 0 Å². The summed E-state index contributed by atoms with van der Waals surface area (Å²) in [5.74, 6) is -0.402. The van der Waals surface area contributed by atoms with Crippen LogP contribution in [0.4, 0.5) is 13.2 Å². The van der Waals surface area contributed by atoms with E-state index in [1.54, 1.807) is 0 Å². The number of nitrogens with zero attached hydrogens (tertiary/aromatic N) is 1. The average molecular weight is 261 g/mol. The number of carbonyl (C=O) groups is 1. The second-order valence-electron chi connectivity index (χ2n) is 3.76. The molecule has 1 aliphatic heterocycles. The van der Waals surface area contributed by atoms with Gasteiger partial charge in [-0.05, 0) is 6.92 Å². The molecule has 1 rings (SSSR count). The summed E-state index contributed by atoms with van der Waals surface area (Å²) in [6.07, 6.45) is -5.71. The molecule has 0 saturated carbocycles. The molecule has 0 unspecified atom stereocenters. The molecule has 1 saturated heterocycles. The Morgan fingerprint density at radius 1 is 1.50 bits per heavy atom. The van der Waals surface area contributed by atoms with Crippen molar-refractivity contribution in [3.05, 3.63) is 0 Å². The molecule has 1 amide bonds. The van der Waals surface area contributed by atoms with Crippen molar-refractivity contribution < 1.29 is 18.0 Å². The van der Waals surface area contributed by atoms with E-state index in [9.17, 15) is 18.0 Å². The molecule has 1 heterocycles. The number of hydrogen-bond donors (Lipinski definition) is 1. The van der Waals surface area contributed by atoms with Gasteiger partial charge in [-0.2, -0.15) is 13.2 Å². The second kappa shape index (κ2) is 6.30. The van der Waals surface area contributed by atoms with Crippen molar-refractivity contribution in [3.8, 4) is 0 Å². The van der Waals surface area contributed by atoms with E-state index < -0.39 is 24.9 Å². The van der Waals surface area contributed by atoms with Crippen LogP contribution < -0.4 is 5.32 Å². The van der Waals surface area contributed by atoms with Gasteiger partial charge in [0.1, 0.15) is 0 Å². The zero-order chi connectivity index (χ0) is 11.5. The lowest BCUT2D eigenvalue weighted by atomic mass is 10.2. The van der Waals surface area contributed by atoms with Gasteiger partial charge in [-0.15, -0.1) is 12.4 Å². The van der Waals surface area contributed by atoms with E-state index in [2.05, 4.69) is 5.32 Å². The maximum Gasteiger partial charge on any atom is 0.389 e. The molecule has 96 valence electrons. The fraction of sp³-hybridized carbons (Fsp3) is 0.889. The van der Waals surface area contributed by atoms with E-state index in [4.69, 9.17) is 0 Å². The molecule has 0 aromatic heterocycles. The Kier molecular flexibility index (Phi) is 6.10. The van der Waals surface area contributed by atoms with Crippen molar-refractivity contribution in [1.29, 1.82) is 0 Å². The molecule has 0 spiro atoms. The number of piperazine rings is 1. The Bertz CT molecular complexity index is 235. The van der Waals surface area contributed by atoms with E-state index in [1.165, 1.54) is 4.90 Å². The largest absolute Gasteiger partial charge is 0.389 e. The van der Waals surface area contributed by atoms with Gasteiger partial charge in [0.05, 0.1) is 6.42 Å². The quantitative estimate of drug-likeness (QED) is 0.817. The van der Waals surface area contributed by atoms with E-state index in [0.29, 0.717) is 19.6 Å². The molecule has 3 nitrogen and oxygen atoms in total. The normalized spacial score (nSPS) is 21.5. The molecule has 1 atom stereocenters. The number of amides is 1. The number of halogens is 4.